The molecular formula is AuBr3Na. The molecule has 0 aromatic carbocycles. The number of hydrogen-bond donors (Lipinski definition) is 0. The smallest absolute Gasteiger partial charge is 0 e. The molecule has 33 valence electrons. The van der Waals surface area contributed by atoms with Crippen LogP contribution in [0, 0.1) is 0 Å². The molecule has 0 N–H and O–H groups in total. The van der Waals surface area contributed by atoms with Gasteiger partial charge in [-0.3, -0.25) is 0 Å². The molecule has 5 heavy (non-hydrogen) atoms. The Bertz CT molecular complexity index is 11.6. The predicted octanol–water partition coefficient (Wildman–Crippen LogP) is 2.15. The maximum absolute atomic E-state index is 3.25. The molecule has 0 fully saturated rings. The molecule has 0 atom stereocenters. The van der Waals surface area contributed by atoms with Gasteiger partial charge >= 0.3 is 51.1 Å². The van der Waals surface area contributed by atoms with Crippen molar-refractivity contribution in [1.82, 2.24) is 0 Å². The zero-order chi connectivity index (χ0) is 3.58. The third-order valence-electron chi connectivity index (χ3n) is 0. The minimum Gasteiger partial charge on any atom is 0 e. The van der Waals surface area contributed by atoms with Crippen molar-refractivity contribution in [2.24, 2.45) is 0 Å². The SMILES string of the molecule is [Br][Au]([Br])[Br].[Na]. The first kappa shape index (κ1) is 11.0. The van der Waals surface area contributed by atoms with Crippen molar-refractivity contribution in [3.05, 3.63) is 0 Å². The molecule has 0 spiro atoms. The minimum atomic E-state index is -0.766. The van der Waals surface area contributed by atoms with Crippen LogP contribution in [-0.2, 0) is 12.0 Å². The van der Waals surface area contributed by atoms with Gasteiger partial charge in [-0.15, -0.1) is 0 Å². The molecule has 0 aliphatic heterocycles. The Hall–Kier alpha value is 3.18. The van der Waals surface area contributed by atoms with Gasteiger partial charge in [-0.2, -0.15) is 0 Å². The predicted molar refractivity (Wildman–Crippen MR) is 32.5 cm³/mol. The quantitative estimate of drug-likeness (QED) is 0.487. The second-order valence-electron chi connectivity index (χ2n) is 0.129. The molecule has 5 heteroatoms. The minimum absolute atomic E-state index is 0. The molecule has 0 aromatic rings. The van der Waals surface area contributed by atoms with Crippen LogP contribution in [0.3, 0.4) is 0 Å². The Labute approximate surface area is 78.7 Å². The summed E-state index contributed by atoms with van der Waals surface area (Å²) in [5.74, 6) is 0. The Kier molecular flexibility index (Phi) is 15.9. The molecule has 0 aliphatic rings. The summed E-state index contributed by atoms with van der Waals surface area (Å²) in [6, 6.07) is 0. The Morgan fingerprint density at radius 1 is 1.00 bits per heavy atom. The van der Waals surface area contributed by atoms with E-state index >= 15 is 0 Å². The molecule has 0 amide bonds. The van der Waals surface area contributed by atoms with E-state index in [1.54, 1.807) is 0 Å². The number of halogens is 3. The summed E-state index contributed by atoms with van der Waals surface area (Å²) in [5, 5.41) is 0. The van der Waals surface area contributed by atoms with E-state index in [9.17, 15) is 0 Å². The molecule has 0 unspecified atom stereocenters. The van der Waals surface area contributed by atoms with E-state index in [4.69, 9.17) is 0 Å². The molecule has 0 bridgehead atoms. The first-order valence-corrected chi connectivity index (χ1v) is 14.5. The van der Waals surface area contributed by atoms with E-state index in [1.807, 2.05) is 0 Å². The van der Waals surface area contributed by atoms with E-state index in [-0.39, 0.29) is 29.6 Å². The molecule has 0 aliphatic carbocycles. The number of hydrogen-bond acceptors (Lipinski definition) is 0. The zero-order valence-electron chi connectivity index (χ0n) is 2.44. The Morgan fingerprint density at radius 3 is 1.00 bits per heavy atom. The normalized spacial score (nSPS) is 9.00. The second kappa shape index (κ2) is 7.18. The Morgan fingerprint density at radius 2 is 1.00 bits per heavy atom. The van der Waals surface area contributed by atoms with Gasteiger partial charge in [0.05, 0.1) is 0 Å². The summed E-state index contributed by atoms with van der Waals surface area (Å²) in [6.45, 7) is 0. The average Bonchev–Trinajstić information content (AvgIpc) is 0.811. The van der Waals surface area contributed by atoms with Gasteiger partial charge in [-0.05, 0) is 0 Å². The number of rotatable bonds is 0. The topological polar surface area (TPSA) is 0 Å². The van der Waals surface area contributed by atoms with Gasteiger partial charge in [0.25, 0.3) is 0 Å². The molecule has 0 nitrogen and oxygen atoms in total. The van der Waals surface area contributed by atoms with E-state index < -0.39 is 12.0 Å². The van der Waals surface area contributed by atoms with Gasteiger partial charge < -0.3 is 0 Å². The van der Waals surface area contributed by atoms with E-state index in [2.05, 4.69) is 39.1 Å². The van der Waals surface area contributed by atoms with E-state index in [0.29, 0.717) is 0 Å². The van der Waals surface area contributed by atoms with Gasteiger partial charge in [0, 0.05) is 29.6 Å². The monoisotopic (exact) mass is 457 g/mol. The summed E-state index contributed by atoms with van der Waals surface area (Å²) in [7, 11) is 0. The van der Waals surface area contributed by atoms with E-state index in [1.165, 1.54) is 0 Å². The van der Waals surface area contributed by atoms with Crippen molar-refractivity contribution >= 4 is 68.6 Å². The van der Waals surface area contributed by atoms with Gasteiger partial charge in [0.15, 0.2) is 0 Å². The van der Waals surface area contributed by atoms with Crippen LogP contribution >= 0.6 is 39.1 Å². The molecule has 1 radical (unpaired) electrons. The molecule has 0 rings (SSSR count). The van der Waals surface area contributed by atoms with Gasteiger partial charge in [0.1, 0.15) is 0 Å². The van der Waals surface area contributed by atoms with Crippen molar-refractivity contribution in [3.63, 3.8) is 0 Å². The first-order valence-electron chi connectivity index (χ1n) is 0.342. The van der Waals surface area contributed by atoms with Gasteiger partial charge in [-0.1, -0.05) is 0 Å². The van der Waals surface area contributed by atoms with Crippen LogP contribution in [0.15, 0.2) is 0 Å². The second-order valence-corrected chi connectivity index (χ2v) is 28.6. The maximum atomic E-state index is 3.25. The van der Waals surface area contributed by atoms with E-state index in [0.717, 1.165) is 0 Å². The van der Waals surface area contributed by atoms with Crippen molar-refractivity contribution < 1.29 is 12.0 Å². The third kappa shape index (κ3) is 19.1. The first-order chi connectivity index (χ1) is 1.73. The summed E-state index contributed by atoms with van der Waals surface area (Å²) in [4.78, 5) is 0. The summed E-state index contributed by atoms with van der Waals surface area (Å²) >= 11 is 8.99. The molecule has 0 saturated heterocycles. The fourth-order valence-electron chi connectivity index (χ4n) is 0. The Balaban J connectivity index is 0. The summed E-state index contributed by atoms with van der Waals surface area (Å²) in [6.07, 6.45) is 0. The molecule has 0 saturated carbocycles. The van der Waals surface area contributed by atoms with Crippen LogP contribution in [0.1, 0.15) is 0 Å². The van der Waals surface area contributed by atoms with Crippen molar-refractivity contribution in [1.29, 1.82) is 0 Å². The van der Waals surface area contributed by atoms with Crippen LogP contribution in [-0.4, -0.2) is 29.6 Å². The fourth-order valence-corrected chi connectivity index (χ4v) is 0. The summed E-state index contributed by atoms with van der Waals surface area (Å²) in [5.41, 5.74) is 0. The maximum Gasteiger partial charge on any atom is 0 e. The van der Waals surface area contributed by atoms with Crippen LogP contribution < -0.4 is 0 Å². The average molecular weight is 460 g/mol. The van der Waals surface area contributed by atoms with Crippen molar-refractivity contribution in [2.75, 3.05) is 0 Å². The fraction of sp³-hybridized carbons (Fsp3) is 0. The third-order valence-corrected chi connectivity index (χ3v) is 0. The van der Waals surface area contributed by atoms with Gasteiger partial charge in [0.2, 0.25) is 0 Å². The van der Waals surface area contributed by atoms with Crippen molar-refractivity contribution in [3.8, 4) is 0 Å². The molecule has 0 aromatic heterocycles. The standard InChI is InChI=1S/Au.3BrH.Na/h;3*1H;/q+3;;;;/p-3. The van der Waals surface area contributed by atoms with Crippen LogP contribution in [0.25, 0.3) is 0 Å². The van der Waals surface area contributed by atoms with Crippen LogP contribution in [0.4, 0.5) is 0 Å². The van der Waals surface area contributed by atoms with Crippen LogP contribution in [0.2, 0.25) is 0 Å². The zero-order valence-corrected chi connectivity index (χ0v) is 11.4. The largest absolute Gasteiger partial charge is 0 e. The molecule has 0 heterocycles. The summed E-state index contributed by atoms with van der Waals surface area (Å²) < 4.78 is 0. The van der Waals surface area contributed by atoms with Gasteiger partial charge in [-0.25, -0.2) is 0 Å². The van der Waals surface area contributed by atoms with Crippen LogP contribution in [0.5, 0.6) is 0 Å². The molecular weight excluding hydrogens is 460 g/mol. The van der Waals surface area contributed by atoms with Crippen molar-refractivity contribution in [2.45, 2.75) is 0 Å².